The molecule has 1 amide bonds. The van der Waals surface area contributed by atoms with Crippen LogP contribution in [0.15, 0.2) is 30.3 Å². The number of hydrogen-bond acceptors (Lipinski definition) is 2. The third kappa shape index (κ3) is 2.79. The predicted octanol–water partition coefficient (Wildman–Crippen LogP) is 2.47. The zero-order valence-electron chi connectivity index (χ0n) is 10.8. The maximum absolute atomic E-state index is 12.1. The van der Waals surface area contributed by atoms with E-state index >= 15 is 0 Å². The van der Waals surface area contributed by atoms with Gasteiger partial charge in [-0.2, -0.15) is 0 Å². The molecule has 1 atom stereocenters. The lowest BCUT2D eigenvalue weighted by Gasteiger charge is -2.22. The summed E-state index contributed by atoms with van der Waals surface area (Å²) in [6, 6.07) is 9.76. The Morgan fingerprint density at radius 3 is 3.05 bits per heavy atom. The number of rotatable bonds is 3. The first-order chi connectivity index (χ1) is 9.33. The van der Waals surface area contributed by atoms with E-state index in [2.05, 4.69) is 10.3 Å². The fourth-order valence-corrected chi connectivity index (χ4v) is 2.47. The van der Waals surface area contributed by atoms with Gasteiger partial charge in [0, 0.05) is 24.1 Å². The molecule has 19 heavy (non-hydrogen) atoms. The smallest absolute Gasteiger partial charge is 0.267 e. The van der Waals surface area contributed by atoms with Gasteiger partial charge in [0.05, 0.1) is 6.10 Å². The van der Waals surface area contributed by atoms with Gasteiger partial charge in [0.2, 0.25) is 0 Å². The topological polar surface area (TPSA) is 54.1 Å². The molecule has 2 N–H and O–H groups in total. The van der Waals surface area contributed by atoms with Gasteiger partial charge in [-0.25, -0.2) is 0 Å². The zero-order valence-corrected chi connectivity index (χ0v) is 10.8. The number of carbonyl (C=O) groups excluding carboxylic acids is 1. The van der Waals surface area contributed by atoms with Crippen LogP contribution >= 0.6 is 0 Å². The fourth-order valence-electron chi connectivity index (χ4n) is 2.47. The number of H-pyrrole nitrogens is 1. The Hall–Kier alpha value is -1.81. The van der Waals surface area contributed by atoms with E-state index < -0.39 is 0 Å². The lowest BCUT2D eigenvalue weighted by Crippen LogP contribution is -2.35. The quantitative estimate of drug-likeness (QED) is 0.888. The first kappa shape index (κ1) is 12.2. The monoisotopic (exact) mass is 258 g/mol. The Bertz CT molecular complexity index is 537. The van der Waals surface area contributed by atoms with Crippen LogP contribution in [0.2, 0.25) is 0 Å². The van der Waals surface area contributed by atoms with Crippen LogP contribution in [0.4, 0.5) is 0 Å². The number of nitrogens with one attached hydrogen (secondary N) is 2. The van der Waals surface area contributed by atoms with Crippen LogP contribution in [0.5, 0.6) is 0 Å². The van der Waals surface area contributed by atoms with E-state index in [4.69, 9.17) is 4.74 Å². The van der Waals surface area contributed by atoms with Crippen LogP contribution in [-0.4, -0.2) is 30.1 Å². The molecule has 0 saturated carbocycles. The van der Waals surface area contributed by atoms with Crippen molar-refractivity contribution in [2.45, 2.75) is 25.4 Å². The lowest BCUT2D eigenvalue weighted by molar-refractivity contribution is 0.0168. The average molecular weight is 258 g/mol. The van der Waals surface area contributed by atoms with Crippen LogP contribution in [0.1, 0.15) is 29.8 Å². The Kier molecular flexibility index (Phi) is 3.51. The second-order valence-corrected chi connectivity index (χ2v) is 4.97. The van der Waals surface area contributed by atoms with Gasteiger partial charge in [-0.3, -0.25) is 4.79 Å². The molecular weight excluding hydrogens is 240 g/mol. The number of hydrogen-bond donors (Lipinski definition) is 2. The molecule has 4 nitrogen and oxygen atoms in total. The van der Waals surface area contributed by atoms with Crippen molar-refractivity contribution in [2.24, 2.45) is 0 Å². The summed E-state index contributed by atoms with van der Waals surface area (Å²) >= 11 is 0. The van der Waals surface area contributed by atoms with Crippen LogP contribution in [0.25, 0.3) is 10.9 Å². The van der Waals surface area contributed by atoms with Crippen LogP contribution in [0, 0.1) is 0 Å². The summed E-state index contributed by atoms with van der Waals surface area (Å²) in [4.78, 5) is 15.2. The molecule has 1 aromatic carbocycles. The summed E-state index contributed by atoms with van der Waals surface area (Å²) in [5.41, 5.74) is 1.60. The van der Waals surface area contributed by atoms with Crippen molar-refractivity contribution in [1.82, 2.24) is 10.3 Å². The standard InChI is InChI=1S/C15H18N2O2/c18-15(16-10-12-6-3-4-8-19-12)14-9-11-5-1-2-7-13(11)17-14/h1-2,5,7,9,12,17H,3-4,6,8,10H2,(H,16,18). The molecule has 0 radical (unpaired) electrons. The van der Waals surface area contributed by atoms with E-state index in [-0.39, 0.29) is 12.0 Å². The summed E-state index contributed by atoms with van der Waals surface area (Å²) in [6.07, 6.45) is 3.52. The molecule has 1 saturated heterocycles. The van der Waals surface area contributed by atoms with Crippen molar-refractivity contribution in [2.75, 3.05) is 13.2 Å². The first-order valence-corrected chi connectivity index (χ1v) is 6.80. The molecule has 1 aliphatic heterocycles. The largest absolute Gasteiger partial charge is 0.376 e. The molecule has 0 bridgehead atoms. The van der Waals surface area contributed by atoms with E-state index in [0.29, 0.717) is 12.2 Å². The zero-order chi connectivity index (χ0) is 13.1. The fraction of sp³-hybridized carbons (Fsp3) is 0.400. The highest BCUT2D eigenvalue weighted by atomic mass is 16.5. The number of aromatic amines is 1. The van der Waals surface area contributed by atoms with Gasteiger partial charge in [0.15, 0.2) is 0 Å². The van der Waals surface area contributed by atoms with E-state index in [0.717, 1.165) is 30.4 Å². The number of amides is 1. The van der Waals surface area contributed by atoms with Gasteiger partial charge in [0.1, 0.15) is 5.69 Å². The first-order valence-electron chi connectivity index (χ1n) is 6.80. The minimum absolute atomic E-state index is 0.0645. The van der Waals surface area contributed by atoms with Crippen molar-refractivity contribution >= 4 is 16.8 Å². The Balaban J connectivity index is 1.63. The molecule has 2 heterocycles. The molecule has 1 unspecified atom stereocenters. The molecule has 4 heteroatoms. The lowest BCUT2D eigenvalue weighted by atomic mass is 10.1. The van der Waals surface area contributed by atoms with Crippen LogP contribution in [0.3, 0.4) is 0 Å². The minimum Gasteiger partial charge on any atom is -0.376 e. The molecule has 1 aliphatic rings. The SMILES string of the molecule is O=C(NCC1CCCCO1)c1cc2ccccc2[nH]1. The highest BCUT2D eigenvalue weighted by Crippen LogP contribution is 2.15. The molecule has 0 spiro atoms. The van der Waals surface area contributed by atoms with Crippen LogP contribution in [-0.2, 0) is 4.74 Å². The summed E-state index contributed by atoms with van der Waals surface area (Å²) < 4.78 is 5.60. The Morgan fingerprint density at radius 2 is 2.26 bits per heavy atom. The van der Waals surface area contributed by atoms with Gasteiger partial charge in [-0.15, -0.1) is 0 Å². The van der Waals surface area contributed by atoms with E-state index in [1.807, 2.05) is 30.3 Å². The van der Waals surface area contributed by atoms with Gasteiger partial charge in [0.25, 0.3) is 5.91 Å². The molecule has 1 fully saturated rings. The number of aromatic nitrogens is 1. The summed E-state index contributed by atoms with van der Waals surface area (Å²) in [6.45, 7) is 1.40. The average Bonchev–Trinajstić information content (AvgIpc) is 2.90. The van der Waals surface area contributed by atoms with E-state index in [1.54, 1.807) is 0 Å². The second-order valence-electron chi connectivity index (χ2n) is 4.97. The number of ether oxygens (including phenoxy) is 1. The minimum atomic E-state index is -0.0645. The number of fused-ring (bicyclic) bond motifs is 1. The summed E-state index contributed by atoms with van der Waals surface area (Å²) in [5, 5.41) is 3.99. The summed E-state index contributed by atoms with van der Waals surface area (Å²) in [7, 11) is 0. The van der Waals surface area contributed by atoms with Gasteiger partial charge < -0.3 is 15.0 Å². The predicted molar refractivity (Wildman–Crippen MR) is 74.2 cm³/mol. The maximum Gasteiger partial charge on any atom is 0.267 e. The Morgan fingerprint density at radius 1 is 1.37 bits per heavy atom. The van der Waals surface area contributed by atoms with Crippen molar-refractivity contribution in [1.29, 1.82) is 0 Å². The maximum atomic E-state index is 12.1. The third-order valence-corrected chi connectivity index (χ3v) is 3.54. The molecule has 100 valence electrons. The molecular formula is C15H18N2O2. The van der Waals surface area contributed by atoms with Crippen molar-refractivity contribution in [3.8, 4) is 0 Å². The normalized spacial score (nSPS) is 19.5. The van der Waals surface area contributed by atoms with E-state index in [9.17, 15) is 4.79 Å². The van der Waals surface area contributed by atoms with Gasteiger partial charge in [-0.1, -0.05) is 18.2 Å². The third-order valence-electron chi connectivity index (χ3n) is 3.54. The van der Waals surface area contributed by atoms with E-state index in [1.165, 1.54) is 6.42 Å². The molecule has 0 aliphatic carbocycles. The van der Waals surface area contributed by atoms with Gasteiger partial charge in [-0.05, 0) is 31.4 Å². The number of benzene rings is 1. The van der Waals surface area contributed by atoms with Crippen molar-refractivity contribution in [3.63, 3.8) is 0 Å². The molecule has 2 aromatic rings. The van der Waals surface area contributed by atoms with Crippen molar-refractivity contribution < 1.29 is 9.53 Å². The number of carbonyl (C=O) groups is 1. The van der Waals surface area contributed by atoms with Crippen LogP contribution < -0.4 is 5.32 Å². The molecule has 3 rings (SSSR count). The van der Waals surface area contributed by atoms with Crippen molar-refractivity contribution in [3.05, 3.63) is 36.0 Å². The highest BCUT2D eigenvalue weighted by Gasteiger charge is 2.16. The second kappa shape index (κ2) is 5.45. The Labute approximate surface area is 112 Å². The highest BCUT2D eigenvalue weighted by molar-refractivity contribution is 5.97. The van der Waals surface area contributed by atoms with Gasteiger partial charge >= 0.3 is 0 Å². The summed E-state index contributed by atoms with van der Waals surface area (Å²) in [5.74, 6) is -0.0645. The molecule has 1 aromatic heterocycles. The number of para-hydroxylation sites is 1.